The molecule has 8 heteroatoms. The summed E-state index contributed by atoms with van der Waals surface area (Å²) >= 11 is 0. The third kappa shape index (κ3) is 4.60. The maximum atomic E-state index is 14.7. The van der Waals surface area contributed by atoms with Crippen molar-refractivity contribution >= 4 is 21.8 Å². The van der Waals surface area contributed by atoms with Crippen LogP contribution in [-0.4, -0.2) is 56.3 Å². The molecule has 0 bridgehead atoms. The van der Waals surface area contributed by atoms with E-state index in [2.05, 4.69) is 49.1 Å². The van der Waals surface area contributed by atoms with Gasteiger partial charge in [-0.3, -0.25) is 20.0 Å². The van der Waals surface area contributed by atoms with Gasteiger partial charge in [0.2, 0.25) is 0 Å². The quantitative estimate of drug-likeness (QED) is 0.237. The van der Waals surface area contributed by atoms with Crippen molar-refractivity contribution in [3.05, 3.63) is 84.6 Å². The monoisotopic (exact) mass is 532 g/mol. The van der Waals surface area contributed by atoms with E-state index >= 15 is 0 Å². The van der Waals surface area contributed by atoms with E-state index in [0.29, 0.717) is 23.6 Å². The molecule has 1 fully saturated rings. The van der Waals surface area contributed by atoms with E-state index in [0.717, 1.165) is 69.5 Å². The predicted octanol–water partition coefficient (Wildman–Crippen LogP) is 6.76. The second-order valence-corrected chi connectivity index (χ2v) is 10.4. The lowest BCUT2D eigenvalue weighted by Gasteiger charge is -2.15. The molecule has 0 radical (unpaired) electrons. The van der Waals surface area contributed by atoms with Crippen molar-refractivity contribution in [1.82, 2.24) is 30.0 Å². The first-order valence-corrected chi connectivity index (χ1v) is 13.7. The van der Waals surface area contributed by atoms with E-state index < -0.39 is 0 Å². The number of halogens is 1. The Morgan fingerprint density at radius 1 is 0.900 bits per heavy atom. The highest BCUT2D eigenvalue weighted by Gasteiger charge is 2.17. The van der Waals surface area contributed by atoms with E-state index in [4.69, 9.17) is 4.74 Å². The van der Waals surface area contributed by atoms with Crippen molar-refractivity contribution in [2.24, 2.45) is 0 Å². The molecular weight excluding hydrogens is 503 g/mol. The maximum absolute atomic E-state index is 14.7. The number of hydrogen-bond acceptors (Lipinski definition) is 5. The average molecular weight is 533 g/mol. The minimum absolute atomic E-state index is 0.347. The molecule has 1 saturated heterocycles. The highest BCUT2D eigenvalue weighted by Crippen LogP contribution is 2.35. The highest BCUT2D eigenvalue weighted by atomic mass is 19.1. The fourth-order valence-corrected chi connectivity index (χ4v) is 5.65. The lowest BCUT2D eigenvalue weighted by atomic mass is 10.0. The Balaban J connectivity index is 1.24. The summed E-state index contributed by atoms with van der Waals surface area (Å²) in [7, 11) is 0. The van der Waals surface area contributed by atoms with Crippen molar-refractivity contribution < 1.29 is 9.13 Å². The zero-order valence-corrected chi connectivity index (χ0v) is 22.2. The summed E-state index contributed by atoms with van der Waals surface area (Å²) in [6.45, 7) is 5.67. The van der Waals surface area contributed by atoms with Gasteiger partial charge >= 0.3 is 0 Å². The highest BCUT2D eigenvalue weighted by molar-refractivity contribution is 6.01. The van der Waals surface area contributed by atoms with Gasteiger partial charge in [0.15, 0.2) is 0 Å². The molecule has 40 heavy (non-hydrogen) atoms. The molecule has 2 N–H and O–H groups in total. The second kappa shape index (κ2) is 10.2. The summed E-state index contributed by atoms with van der Waals surface area (Å²) in [6.07, 6.45) is 7.90. The van der Waals surface area contributed by atoms with Crippen LogP contribution in [0.2, 0.25) is 0 Å². The third-order valence-corrected chi connectivity index (χ3v) is 7.74. The van der Waals surface area contributed by atoms with Gasteiger partial charge in [-0.2, -0.15) is 5.10 Å². The summed E-state index contributed by atoms with van der Waals surface area (Å²) in [5.74, 6) is 0.167. The largest absolute Gasteiger partial charge is 0.492 e. The molecule has 0 aliphatic carbocycles. The number of fused-ring (bicyclic) bond motifs is 2. The van der Waals surface area contributed by atoms with Gasteiger partial charge in [0, 0.05) is 58.6 Å². The summed E-state index contributed by atoms with van der Waals surface area (Å²) in [5.41, 5.74) is 8.20. The number of nitrogens with one attached hydrogen (secondary N) is 2. The van der Waals surface area contributed by atoms with Crippen LogP contribution in [0, 0.1) is 12.7 Å². The van der Waals surface area contributed by atoms with Crippen LogP contribution in [-0.2, 0) is 0 Å². The number of aromatic nitrogens is 5. The van der Waals surface area contributed by atoms with Crippen molar-refractivity contribution in [3.8, 4) is 39.5 Å². The number of pyridine rings is 2. The molecule has 1 aliphatic rings. The topological polar surface area (TPSA) is 82.7 Å². The molecule has 0 saturated carbocycles. The van der Waals surface area contributed by atoms with Crippen molar-refractivity contribution in [2.45, 2.75) is 19.8 Å². The Morgan fingerprint density at radius 3 is 2.65 bits per heavy atom. The van der Waals surface area contributed by atoms with Gasteiger partial charge in [-0.15, -0.1) is 0 Å². The van der Waals surface area contributed by atoms with Crippen LogP contribution < -0.4 is 4.74 Å². The van der Waals surface area contributed by atoms with E-state index in [-0.39, 0.29) is 5.82 Å². The number of aryl methyl sites for hydroxylation is 1. The average Bonchev–Trinajstić information content (AvgIpc) is 3.72. The molecule has 0 spiro atoms. The summed E-state index contributed by atoms with van der Waals surface area (Å²) in [5, 5.41) is 9.68. The molecule has 5 heterocycles. The van der Waals surface area contributed by atoms with Gasteiger partial charge in [-0.25, -0.2) is 4.39 Å². The minimum atomic E-state index is -0.347. The van der Waals surface area contributed by atoms with Gasteiger partial charge in [0.1, 0.15) is 23.9 Å². The van der Waals surface area contributed by atoms with Gasteiger partial charge < -0.3 is 9.72 Å². The molecule has 0 atom stereocenters. The zero-order chi connectivity index (χ0) is 27.1. The summed E-state index contributed by atoms with van der Waals surface area (Å²) in [4.78, 5) is 14.8. The molecule has 7 rings (SSSR count). The Labute approximate surface area is 231 Å². The van der Waals surface area contributed by atoms with E-state index in [1.165, 1.54) is 25.0 Å². The number of ether oxygens (including phenoxy) is 1. The third-order valence-electron chi connectivity index (χ3n) is 7.74. The molecule has 4 aromatic heterocycles. The van der Waals surface area contributed by atoms with Crippen molar-refractivity contribution in [2.75, 3.05) is 26.2 Å². The zero-order valence-electron chi connectivity index (χ0n) is 22.2. The lowest BCUT2D eigenvalue weighted by Crippen LogP contribution is -2.25. The van der Waals surface area contributed by atoms with Gasteiger partial charge in [-0.1, -0.05) is 6.07 Å². The van der Waals surface area contributed by atoms with Gasteiger partial charge in [0.05, 0.1) is 16.9 Å². The standard InChI is InChI=1S/C32H29FN6O/c1-20-6-8-34-19-27(20)21-4-5-29-25(16-21)32(38-37-29)30-18-26-28(36-30)7-9-35-31(26)22-14-23(33)17-24(15-22)40-13-12-39-10-2-3-11-39/h4-9,14-19,36H,2-3,10-13H2,1H3,(H,37,38). The van der Waals surface area contributed by atoms with Crippen LogP contribution >= 0.6 is 0 Å². The maximum Gasteiger partial charge on any atom is 0.127 e. The first-order chi connectivity index (χ1) is 19.6. The molecule has 1 aliphatic heterocycles. The van der Waals surface area contributed by atoms with Crippen LogP contribution in [0.1, 0.15) is 18.4 Å². The van der Waals surface area contributed by atoms with Crippen LogP contribution in [0.4, 0.5) is 4.39 Å². The Bertz CT molecular complexity index is 1830. The molecule has 0 amide bonds. The predicted molar refractivity (Wildman–Crippen MR) is 156 cm³/mol. The van der Waals surface area contributed by atoms with E-state index in [1.54, 1.807) is 12.4 Å². The fourth-order valence-electron chi connectivity index (χ4n) is 5.65. The molecule has 7 nitrogen and oxygen atoms in total. The molecule has 200 valence electrons. The number of aromatic amines is 2. The number of benzene rings is 2. The van der Waals surface area contributed by atoms with E-state index in [1.807, 2.05) is 36.5 Å². The molecule has 2 aromatic carbocycles. The Hall–Kier alpha value is -4.56. The van der Waals surface area contributed by atoms with Crippen LogP contribution in [0.25, 0.3) is 55.6 Å². The Kier molecular flexibility index (Phi) is 6.24. The molecule has 0 unspecified atom stereocenters. The van der Waals surface area contributed by atoms with Crippen LogP contribution in [0.5, 0.6) is 5.75 Å². The molecule has 6 aromatic rings. The SMILES string of the molecule is Cc1ccncc1-c1ccc2[nH]nc(-c3cc4c(-c5cc(F)cc(OCCN6CCCC6)c5)nccc4[nH]3)c2c1. The summed E-state index contributed by atoms with van der Waals surface area (Å²) in [6, 6.07) is 17.1. The molecular formula is C32H29FN6O. The lowest BCUT2D eigenvalue weighted by molar-refractivity contribution is 0.237. The smallest absolute Gasteiger partial charge is 0.127 e. The van der Waals surface area contributed by atoms with Crippen LogP contribution in [0.15, 0.2) is 73.2 Å². The normalized spacial score (nSPS) is 13.9. The number of likely N-dealkylation sites (tertiary alicyclic amines) is 1. The summed E-state index contributed by atoms with van der Waals surface area (Å²) < 4.78 is 20.7. The van der Waals surface area contributed by atoms with Crippen LogP contribution in [0.3, 0.4) is 0 Å². The van der Waals surface area contributed by atoms with E-state index in [9.17, 15) is 4.39 Å². The number of hydrogen-bond donors (Lipinski definition) is 2. The van der Waals surface area contributed by atoms with Gasteiger partial charge in [-0.05, 0) is 86.4 Å². The number of nitrogens with zero attached hydrogens (tertiary/aromatic N) is 4. The Morgan fingerprint density at radius 2 is 1.77 bits per heavy atom. The van der Waals surface area contributed by atoms with Crippen molar-refractivity contribution in [1.29, 1.82) is 0 Å². The first kappa shape index (κ1) is 24.5. The minimum Gasteiger partial charge on any atom is -0.492 e. The van der Waals surface area contributed by atoms with Gasteiger partial charge in [0.25, 0.3) is 0 Å². The number of H-pyrrole nitrogens is 2. The number of rotatable bonds is 7. The second-order valence-electron chi connectivity index (χ2n) is 10.4. The fraction of sp³-hybridized carbons (Fsp3) is 0.219. The van der Waals surface area contributed by atoms with Crippen molar-refractivity contribution in [3.63, 3.8) is 0 Å². The first-order valence-electron chi connectivity index (χ1n) is 13.7.